The van der Waals surface area contributed by atoms with Crippen molar-refractivity contribution >= 4 is 29.6 Å². The van der Waals surface area contributed by atoms with Gasteiger partial charge in [0.15, 0.2) is 0 Å². The summed E-state index contributed by atoms with van der Waals surface area (Å²) in [6.45, 7) is 0. The second-order valence-electron chi connectivity index (χ2n) is 5.40. The van der Waals surface area contributed by atoms with E-state index in [9.17, 15) is 14.9 Å². The Morgan fingerprint density at radius 3 is 2.56 bits per heavy atom. The third-order valence-corrected chi connectivity index (χ3v) is 4.50. The molecule has 3 rings (SSSR count). The number of nitro groups is 1. The molecule has 3 aromatic rings. The topological polar surface area (TPSA) is 97.7 Å². The van der Waals surface area contributed by atoms with Crippen LogP contribution in [0, 0.1) is 10.1 Å². The first kappa shape index (κ1) is 18.4. The molecule has 0 saturated carbocycles. The standard InChI is InChI=1S/C19H15N3O4S/c23-19(13-27-17-4-2-1-3-5-17)21-20-12-16-10-11-18(26-16)14-6-8-15(9-7-14)22(24)25/h1-12H,13H2,(H,21,23)/b20-12+. The normalized spacial score (nSPS) is 10.8. The number of non-ortho nitro benzene ring substituents is 1. The van der Waals surface area contributed by atoms with Gasteiger partial charge in [-0.3, -0.25) is 14.9 Å². The van der Waals surface area contributed by atoms with Crippen molar-refractivity contribution in [2.75, 3.05) is 5.75 Å². The number of rotatable bonds is 7. The molecule has 0 aliphatic heterocycles. The molecule has 27 heavy (non-hydrogen) atoms. The molecular formula is C19H15N3O4S. The number of hydrogen-bond acceptors (Lipinski definition) is 6. The molecule has 7 nitrogen and oxygen atoms in total. The second-order valence-corrected chi connectivity index (χ2v) is 6.45. The van der Waals surface area contributed by atoms with Crippen LogP contribution >= 0.6 is 11.8 Å². The number of furan rings is 1. The lowest BCUT2D eigenvalue weighted by atomic mass is 10.1. The van der Waals surface area contributed by atoms with Crippen LogP contribution in [0.4, 0.5) is 5.69 Å². The summed E-state index contributed by atoms with van der Waals surface area (Å²) in [7, 11) is 0. The monoisotopic (exact) mass is 381 g/mol. The van der Waals surface area contributed by atoms with Crippen LogP contribution in [0.3, 0.4) is 0 Å². The maximum absolute atomic E-state index is 11.8. The van der Waals surface area contributed by atoms with E-state index in [0.717, 1.165) is 4.90 Å². The molecule has 0 atom stereocenters. The number of benzene rings is 2. The fraction of sp³-hybridized carbons (Fsp3) is 0.0526. The van der Waals surface area contributed by atoms with E-state index < -0.39 is 4.92 Å². The Hall–Kier alpha value is -3.39. The number of carbonyl (C=O) groups is 1. The van der Waals surface area contributed by atoms with E-state index in [1.165, 1.54) is 30.1 Å². The van der Waals surface area contributed by atoms with Gasteiger partial charge in [0.2, 0.25) is 5.91 Å². The zero-order chi connectivity index (χ0) is 19.1. The molecule has 1 amide bonds. The molecule has 136 valence electrons. The predicted molar refractivity (Wildman–Crippen MR) is 104 cm³/mol. The molecule has 0 spiro atoms. The Labute approximate surface area is 159 Å². The van der Waals surface area contributed by atoms with Gasteiger partial charge < -0.3 is 4.42 Å². The van der Waals surface area contributed by atoms with Gasteiger partial charge in [-0.15, -0.1) is 11.8 Å². The number of nitrogens with one attached hydrogen (secondary N) is 1. The van der Waals surface area contributed by atoms with Crippen LogP contribution in [0.2, 0.25) is 0 Å². The lowest BCUT2D eigenvalue weighted by Crippen LogP contribution is -2.19. The largest absolute Gasteiger partial charge is 0.455 e. The second kappa shape index (κ2) is 8.81. The quantitative estimate of drug-likeness (QED) is 0.288. The minimum atomic E-state index is -0.456. The Bertz CT molecular complexity index is 953. The summed E-state index contributed by atoms with van der Waals surface area (Å²) in [6, 6.07) is 19.1. The molecule has 0 radical (unpaired) electrons. The highest BCUT2D eigenvalue weighted by atomic mass is 32.2. The fourth-order valence-electron chi connectivity index (χ4n) is 2.19. The molecule has 2 aromatic carbocycles. The molecule has 0 bridgehead atoms. The summed E-state index contributed by atoms with van der Waals surface area (Å²) < 4.78 is 5.61. The van der Waals surface area contributed by atoms with E-state index in [1.807, 2.05) is 30.3 Å². The van der Waals surface area contributed by atoms with Crippen LogP contribution in [-0.4, -0.2) is 22.8 Å². The van der Waals surface area contributed by atoms with Crippen LogP contribution in [0.15, 0.2) is 81.1 Å². The van der Waals surface area contributed by atoms with Crippen molar-refractivity contribution < 1.29 is 14.1 Å². The lowest BCUT2D eigenvalue weighted by molar-refractivity contribution is -0.384. The summed E-state index contributed by atoms with van der Waals surface area (Å²) in [5.41, 5.74) is 3.17. The van der Waals surface area contributed by atoms with Gasteiger partial charge in [0, 0.05) is 22.6 Å². The van der Waals surface area contributed by atoms with Crippen molar-refractivity contribution in [3.63, 3.8) is 0 Å². The van der Waals surface area contributed by atoms with E-state index in [4.69, 9.17) is 4.42 Å². The number of nitro benzene ring substituents is 1. The Balaban J connectivity index is 1.52. The summed E-state index contributed by atoms with van der Waals surface area (Å²) >= 11 is 1.42. The highest BCUT2D eigenvalue weighted by Crippen LogP contribution is 2.24. The zero-order valence-corrected chi connectivity index (χ0v) is 14.9. The number of hydrazone groups is 1. The van der Waals surface area contributed by atoms with Crippen LogP contribution in [0.5, 0.6) is 0 Å². The minimum absolute atomic E-state index is 0.0168. The maximum atomic E-state index is 11.8. The molecule has 0 fully saturated rings. The molecule has 1 N–H and O–H groups in total. The molecule has 1 heterocycles. The Kier molecular flexibility index (Phi) is 6.01. The Morgan fingerprint density at radius 2 is 1.85 bits per heavy atom. The van der Waals surface area contributed by atoms with Crippen LogP contribution in [-0.2, 0) is 4.79 Å². The van der Waals surface area contributed by atoms with Crippen molar-refractivity contribution in [1.29, 1.82) is 0 Å². The molecule has 8 heteroatoms. The van der Waals surface area contributed by atoms with Gasteiger partial charge in [0.05, 0.1) is 16.9 Å². The fourth-order valence-corrected chi connectivity index (χ4v) is 2.90. The van der Waals surface area contributed by atoms with E-state index in [0.29, 0.717) is 17.1 Å². The smallest absolute Gasteiger partial charge is 0.269 e. The van der Waals surface area contributed by atoms with Crippen molar-refractivity contribution in [1.82, 2.24) is 5.43 Å². The van der Waals surface area contributed by atoms with E-state index in [2.05, 4.69) is 10.5 Å². The molecule has 1 aromatic heterocycles. The molecular weight excluding hydrogens is 366 g/mol. The summed E-state index contributed by atoms with van der Waals surface area (Å²) in [5, 5.41) is 14.6. The van der Waals surface area contributed by atoms with Gasteiger partial charge >= 0.3 is 0 Å². The highest BCUT2D eigenvalue weighted by Gasteiger charge is 2.08. The maximum Gasteiger partial charge on any atom is 0.269 e. The molecule has 0 saturated heterocycles. The van der Waals surface area contributed by atoms with Crippen LogP contribution in [0.1, 0.15) is 5.76 Å². The van der Waals surface area contributed by atoms with E-state index >= 15 is 0 Å². The highest BCUT2D eigenvalue weighted by molar-refractivity contribution is 8.00. The third kappa shape index (κ3) is 5.29. The lowest BCUT2D eigenvalue weighted by Gasteiger charge is -2.00. The van der Waals surface area contributed by atoms with E-state index in [-0.39, 0.29) is 17.3 Å². The van der Waals surface area contributed by atoms with Crippen LogP contribution < -0.4 is 5.43 Å². The average Bonchev–Trinajstić information content (AvgIpc) is 3.16. The molecule has 0 unspecified atom stereocenters. The van der Waals surface area contributed by atoms with Gasteiger partial charge in [0.25, 0.3) is 5.69 Å². The SMILES string of the molecule is O=C(CSc1ccccc1)N/N=C/c1ccc(-c2ccc([N+](=O)[O-])cc2)o1. The van der Waals surface area contributed by atoms with Gasteiger partial charge in [-0.2, -0.15) is 5.10 Å². The van der Waals surface area contributed by atoms with Gasteiger partial charge in [0.1, 0.15) is 11.5 Å². The van der Waals surface area contributed by atoms with Crippen LogP contribution in [0.25, 0.3) is 11.3 Å². The first-order valence-corrected chi connectivity index (χ1v) is 8.95. The number of amides is 1. The first-order valence-electron chi connectivity index (χ1n) is 7.96. The van der Waals surface area contributed by atoms with Crippen molar-refractivity contribution in [2.45, 2.75) is 4.90 Å². The number of hydrogen-bond donors (Lipinski definition) is 1. The average molecular weight is 381 g/mol. The molecule has 0 aliphatic rings. The first-order chi connectivity index (χ1) is 13.1. The number of carbonyl (C=O) groups excluding carboxylic acids is 1. The summed E-state index contributed by atoms with van der Waals surface area (Å²) in [4.78, 5) is 23.0. The molecule has 0 aliphatic carbocycles. The summed E-state index contributed by atoms with van der Waals surface area (Å²) in [6.07, 6.45) is 1.40. The number of thioether (sulfide) groups is 1. The minimum Gasteiger partial charge on any atom is -0.455 e. The zero-order valence-electron chi connectivity index (χ0n) is 14.1. The summed E-state index contributed by atoms with van der Waals surface area (Å²) in [5.74, 6) is 1.05. The predicted octanol–water partition coefficient (Wildman–Crippen LogP) is 4.10. The van der Waals surface area contributed by atoms with Crippen molar-refractivity contribution in [3.05, 3.63) is 82.6 Å². The van der Waals surface area contributed by atoms with Gasteiger partial charge in [-0.05, 0) is 36.4 Å². The van der Waals surface area contributed by atoms with Crippen molar-refractivity contribution in [2.24, 2.45) is 5.10 Å². The Morgan fingerprint density at radius 1 is 1.11 bits per heavy atom. The van der Waals surface area contributed by atoms with Gasteiger partial charge in [-0.1, -0.05) is 18.2 Å². The van der Waals surface area contributed by atoms with Gasteiger partial charge in [-0.25, -0.2) is 5.43 Å². The van der Waals surface area contributed by atoms with Crippen molar-refractivity contribution in [3.8, 4) is 11.3 Å². The third-order valence-electron chi connectivity index (χ3n) is 3.48. The van der Waals surface area contributed by atoms with E-state index in [1.54, 1.807) is 24.3 Å². The number of nitrogens with zero attached hydrogens (tertiary/aromatic N) is 2.